The number of hydrogen-bond acceptors (Lipinski definition) is 3. The third-order valence-electron chi connectivity index (χ3n) is 3.17. The van der Waals surface area contributed by atoms with Crippen LogP contribution in [0.25, 0.3) is 0 Å². The first-order valence-corrected chi connectivity index (χ1v) is 6.56. The van der Waals surface area contributed by atoms with E-state index in [9.17, 15) is 4.79 Å². The van der Waals surface area contributed by atoms with E-state index in [-0.39, 0.29) is 36.8 Å². The predicted octanol–water partition coefficient (Wildman–Crippen LogP) is 2.42. The topological polar surface area (TPSA) is 44.4 Å². The van der Waals surface area contributed by atoms with Gasteiger partial charge in [0.1, 0.15) is 0 Å². The quantitative estimate of drug-likeness (QED) is 0.888. The van der Waals surface area contributed by atoms with Crippen LogP contribution in [0.4, 0.5) is 5.69 Å². The van der Waals surface area contributed by atoms with Crippen molar-refractivity contribution in [2.24, 2.45) is 0 Å². The standard InChI is InChI=1S/C13H18ClN3O.2ClH/c1-10(17-7-5-15-6-8-17)13(18)16-12-4-2-3-11(14)9-12;;/h2-4,9-10,15H,5-8H2,1H3,(H,16,18);2*1H. The lowest BCUT2D eigenvalue weighted by Gasteiger charge is -2.31. The van der Waals surface area contributed by atoms with E-state index < -0.39 is 0 Å². The van der Waals surface area contributed by atoms with Crippen LogP contribution >= 0.6 is 36.4 Å². The first-order chi connectivity index (χ1) is 8.66. The molecular formula is C13H20Cl3N3O. The zero-order valence-corrected chi connectivity index (χ0v) is 13.7. The minimum atomic E-state index is -0.119. The second-order valence-corrected chi connectivity index (χ2v) is 4.90. The average molecular weight is 341 g/mol. The van der Waals surface area contributed by atoms with Crippen LogP contribution in [0.5, 0.6) is 0 Å². The minimum Gasteiger partial charge on any atom is -0.325 e. The highest BCUT2D eigenvalue weighted by atomic mass is 35.5. The normalized spacial score (nSPS) is 16.5. The van der Waals surface area contributed by atoms with Gasteiger partial charge in [0.25, 0.3) is 0 Å². The molecule has 0 bridgehead atoms. The Balaban J connectivity index is 0.00000180. The fraction of sp³-hybridized carbons (Fsp3) is 0.462. The Morgan fingerprint density at radius 1 is 1.35 bits per heavy atom. The van der Waals surface area contributed by atoms with Gasteiger partial charge in [0.05, 0.1) is 6.04 Å². The summed E-state index contributed by atoms with van der Waals surface area (Å²) in [5.74, 6) is 0.0131. The van der Waals surface area contributed by atoms with Crippen LogP contribution in [0.1, 0.15) is 6.92 Å². The lowest BCUT2D eigenvalue weighted by molar-refractivity contribution is -0.120. The van der Waals surface area contributed by atoms with Crippen molar-refractivity contribution >= 4 is 48.0 Å². The SMILES string of the molecule is CC(C(=O)Nc1cccc(Cl)c1)N1CCNCC1.Cl.Cl. The van der Waals surface area contributed by atoms with Gasteiger partial charge in [-0.1, -0.05) is 17.7 Å². The number of piperazine rings is 1. The lowest BCUT2D eigenvalue weighted by atomic mass is 10.2. The Morgan fingerprint density at radius 3 is 2.60 bits per heavy atom. The maximum atomic E-state index is 12.1. The van der Waals surface area contributed by atoms with Crippen LogP contribution < -0.4 is 10.6 Å². The van der Waals surface area contributed by atoms with E-state index in [1.807, 2.05) is 19.1 Å². The number of nitrogens with zero attached hydrogens (tertiary/aromatic N) is 1. The summed E-state index contributed by atoms with van der Waals surface area (Å²) in [6.45, 7) is 5.63. The van der Waals surface area contributed by atoms with E-state index in [1.54, 1.807) is 12.1 Å². The zero-order valence-electron chi connectivity index (χ0n) is 11.3. The summed E-state index contributed by atoms with van der Waals surface area (Å²) >= 11 is 5.89. The molecule has 1 fully saturated rings. The number of hydrogen-bond donors (Lipinski definition) is 2. The Morgan fingerprint density at radius 2 is 2.00 bits per heavy atom. The first kappa shape index (κ1) is 19.5. The fourth-order valence-corrected chi connectivity index (χ4v) is 2.24. The smallest absolute Gasteiger partial charge is 0.241 e. The summed E-state index contributed by atoms with van der Waals surface area (Å²) in [6, 6.07) is 7.09. The molecule has 0 saturated carbocycles. The number of rotatable bonds is 3. The van der Waals surface area contributed by atoms with Crippen LogP contribution in [0, 0.1) is 0 Å². The third-order valence-corrected chi connectivity index (χ3v) is 3.41. The average Bonchev–Trinajstić information content (AvgIpc) is 2.39. The van der Waals surface area contributed by atoms with Crippen LogP contribution in [0.2, 0.25) is 5.02 Å². The van der Waals surface area contributed by atoms with Crippen molar-refractivity contribution in [1.82, 2.24) is 10.2 Å². The Kier molecular flexibility index (Phi) is 9.18. The number of nitrogens with one attached hydrogen (secondary N) is 2. The molecule has 1 saturated heterocycles. The molecule has 4 nitrogen and oxygen atoms in total. The maximum absolute atomic E-state index is 12.1. The molecule has 1 aliphatic rings. The van der Waals surface area contributed by atoms with Crippen molar-refractivity contribution in [3.8, 4) is 0 Å². The van der Waals surface area contributed by atoms with Gasteiger partial charge in [-0.05, 0) is 25.1 Å². The number of benzene rings is 1. The summed E-state index contributed by atoms with van der Waals surface area (Å²) in [5, 5.41) is 6.80. The minimum absolute atomic E-state index is 0. The van der Waals surface area contributed by atoms with Gasteiger partial charge in [-0.3, -0.25) is 9.69 Å². The van der Waals surface area contributed by atoms with Gasteiger partial charge in [-0.2, -0.15) is 0 Å². The second-order valence-electron chi connectivity index (χ2n) is 4.46. The molecule has 1 aromatic carbocycles. The molecule has 1 unspecified atom stereocenters. The first-order valence-electron chi connectivity index (χ1n) is 6.18. The molecule has 1 heterocycles. The Hall–Kier alpha value is -0.520. The van der Waals surface area contributed by atoms with Crippen LogP contribution in [0.3, 0.4) is 0 Å². The van der Waals surface area contributed by atoms with Gasteiger partial charge in [0.15, 0.2) is 0 Å². The summed E-state index contributed by atoms with van der Waals surface area (Å²) in [7, 11) is 0. The fourth-order valence-electron chi connectivity index (χ4n) is 2.05. The molecule has 1 amide bonds. The predicted molar refractivity (Wildman–Crippen MR) is 88.5 cm³/mol. The molecule has 7 heteroatoms. The summed E-state index contributed by atoms with van der Waals surface area (Å²) < 4.78 is 0. The van der Waals surface area contributed by atoms with Crippen LogP contribution in [-0.2, 0) is 4.79 Å². The monoisotopic (exact) mass is 339 g/mol. The molecule has 2 N–H and O–H groups in total. The lowest BCUT2D eigenvalue weighted by Crippen LogP contribution is -2.51. The molecular weight excluding hydrogens is 321 g/mol. The number of carbonyl (C=O) groups excluding carboxylic acids is 1. The molecule has 0 aromatic heterocycles. The number of anilines is 1. The molecule has 0 aliphatic carbocycles. The van der Waals surface area contributed by atoms with Gasteiger partial charge in [-0.15, -0.1) is 24.8 Å². The molecule has 0 spiro atoms. The van der Waals surface area contributed by atoms with E-state index in [0.29, 0.717) is 5.02 Å². The van der Waals surface area contributed by atoms with E-state index in [1.165, 1.54) is 0 Å². The molecule has 20 heavy (non-hydrogen) atoms. The van der Waals surface area contributed by atoms with Gasteiger partial charge in [0, 0.05) is 36.9 Å². The van der Waals surface area contributed by atoms with Crippen LogP contribution in [0.15, 0.2) is 24.3 Å². The largest absolute Gasteiger partial charge is 0.325 e. The van der Waals surface area contributed by atoms with Crippen molar-refractivity contribution in [3.63, 3.8) is 0 Å². The van der Waals surface area contributed by atoms with Crippen molar-refractivity contribution < 1.29 is 4.79 Å². The third kappa shape index (κ3) is 5.46. The maximum Gasteiger partial charge on any atom is 0.241 e. The number of amides is 1. The van der Waals surface area contributed by atoms with Crippen molar-refractivity contribution in [2.75, 3.05) is 31.5 Å². The van der Waals surface area contributed by atoms with Gasteiger partial charge in [0.2, 0.25) is 5.91 Å². The molecule has 1 atom stereocenters. The summed E-state index contributed by atoms with van der Waals surface area (Å²) in [4.78, 5) is 14.3. The van der Waals surface area contributed by atoms with E-state index in [2.05, 4.69) is 15.5 Å². The van der Waals surface area contributed by atoms with E-state index in [4.69, 9.17) is 11.6 Å². The van der Waals surface area contributed by atoms with E-state index in [0.717, 1.165) is 31.9 Å². The number of carbonyl (C=O) groups is 1. The van der Waals surface area contributed by atoms with E-state index >= 15 is 0 Å². The highest BCUT2D eigenvalue weighted by Gasteiger charge is 2.22. The van der Waals surface area contributed by atoms with Gasteiger partial charge in [-0.25, -0.2) is 0 Å². The second kappa shape index (κ2) is 9.42. The van der Waals surface area contributed by atoms with Crippen molar-refractivity contribution in [1.29, 1.82) is 0 Å². The number of halogens is 3. The summed E-state index contributed by atoms with van der Waals surface area (Å²) in [5.41, 5.74) is 0.745. The molecule has 2 rings (SSSR count). The Bertz CT molecular complexity index is 425. The van der Waals surface area contributed by atoms with Crippen molar-refractivity contribution in [3.05, 3.63) is 29.3 Å². The molecule has 0 radical (unpaired) electrons. The van der Waals surface area contributed by atoms with Gasteiger partial charge < -0.3 is 10.6 Å². The van der Waals surface area contributed by atoms with Crippen LogP contribution in [-0.4, -0.2) is 43.0 Å². The van der Waals surface area contributed by atoms with Gasteiger partial charge >= 0.3 is 0 Å². The Labute approximate surface area is 137 Å². The molecule has 1 aliphatic heterocycles. The molecule has 1 aromatic rings. The zero-order chi connectivity index (χ0) is 13.0. The van der Waals surface area contributed by atoms with Crippen molar-refractivity contribution in [2.45, 2.75) is 13.0 Å². The molecule has 114 valence electrons. The summed E-state index contributed by atoms with van der Waals surface area (Å²) in [6.07, 6.45) is 0. The highest BCUT2D eigenvalue weighted by molar-refractivity contribution is 6.30. The highest BCUT2D eigenvalue weighted by Crippen LogP contribution is 2.15.